The molecule has 1 heteroatoms. The molecule has 0 aromatic carbocycles. The highest BCUT2D eigenvalue weighted by atomic mass is 15.0. The van der Waals surface area contributed by atoms with Crippen molar-refractivity contribution in [2.24, 2.45) is 5.41 Å². The monoisotopic (exact) mass is 138 g/mol. The van der Waals surface area contributed by atoms with E-state index in [9.17, 15) is 0 Å². The van der Waals surface area contributed by atoms with E-state index in [-0.39, 0.29) is 0 Å². The Morgan fingerprint density at radius 1 is 1.60 bits per heavy atom. The molecule has 0 aliphatic carbocycles. The Bertz CT molecular complexity index is 187. The second-order valence-electron chi connectivity index (χ2n) is 3.64. The van der Waals surface area contributed by atoms with E-state index in [0.717, 1.165) is 0 Å². The second-order valence-corrected chi connectivity index (χ2v) is 3.64. The van der Waals surface area contributed by atoms with E-state index in [1.807, 2.05) is 6.08 Å². The molecule has 0 fully saturated rings. The van der Waals surface area contributed by atoms with Crippen molar-refractivity contribution < 1.29 is 4.58 Å². The van der Waals surface area contributed by atoms with E-state index < -0.39 is 0 Å². The topological polar surface area (TPSA) is 3.01 Å². The first-order valence-electron chi connectivity index (χ1n) is 3.79. The number of hydrogen-bond acceptors (Lipinski definition) is 0. The van der Waals surface area contributed by atoms with Crippen LogP contribution in [0.3, 0.4) is 0 Å². The van der Waals surface area contributed by atoms with Gasteiger partial charge >= 0.3 is 0 Å². The van der Waals surface area contributed by atoms with Gasteiger partial charge in [-0.3, -0.25) is 0 Å². The van der Waals surface area contributed by atoms with E-state index in [0.29, 0.717) is 5.41 Å². The Morgan fingerprint density at radius 2 is 2.20 bits per heavy atom. The maximum atomic E-state index is 3.81. The third kappa shape index (κ3) is 1.00. The van der Waals surface area contributed by atoms with E-state index in [4.69, 9.17) is 0 Å². The third-order valence-corrected chi connectivity index (χ3v) is 2.37. The molecule has 0 saturated carbocycles. The van der Waals surface area contributed by atoms with Crippen LogP contribution >= 0.6 is 0 Å². The van der Waals surface area contributed by atoms with Crippen LogP contribution < -0.4 is 0 Å². The number of allylic oxidation sites excluding steroid dienone is 1. The van der Waals surface area contributed by atoms with Crippen LogP contribution in [0.1, 0.15) is 20.3 Å². The van der Waals surface area contributed by atoms with Crippen LogP contribution in [0.15, 0.2) is 12.7 Å². The van der Waals surface area contributed by atoms with Crippen LogP contribution in [-0.2, 0) is 0 Å². The van der Waals surface area contributed by atoms with Gasteiger partial charge in [-0.2, -0.15) is 0 Å². The second kappa shape index (κ2) is 2.22. The zero-order chi connectivity index (χ0) is 7.78. The molecule has 0 saturated heterocycles. The molecule has 0 radical (unpaired) electrons. The summed E-state index contributed by atoms with van der Waals surface area (Å²) in [6.07, 6.45) is 3.23. The van der Waals surface area contributed by atoms with Crippen LogP contribution in [-0.4, -0.2) is 23.9 Å². The van der Waals surface area contributed by atoms with Gasteiger partial charge in [0.1, 0.15) is 13.6 Å². The third-order valence-electron chi connectivity index (χ3n) is 2.37. The fourth-order valence-corrected chi connectivity index (χ4v) is 1.64. The molecule has 1 rings (SSSR count). The summed E-state index contributed by atoms with van der Waals surface area (Å²) in [5.74, 6) is 0. The lowest BCUT2D eigenvalue weighted by Gasteiger charge is -2.11. The van der Waals surface area contributed by atoms with Crippen molar-refractivity contribution >= 4 is 5.71 Å². The lowest BCUT2D eigenvalue weighted by atomic mass is 9.86. The molecule has 1 heterocycles. The summed E-state index contributed by atoms with van der Waals surface area (Å²) < 4.78 is 2.28. The number of nitrogens with zero attached hydrogens (tertiary/aromatic N) is 1. The largest absolute Gasteiger partial charge is 0.236 e. The van der Waals surface area contributed by atoms with Gasteiger partial charge in [-0.05, 0) is 19.9 Å². The molecule has 1 nitrogen and oxygen atoms in total. The van der Waals surface area contributed by atoms with Crippen molar-refractivity contribution in [3.63, 3.8) is 0 Å². The molecule has 0 aromatic rings. The average Bonchev–Trinajstić information content (AvgIpc) is 2.07. The van der Waals surface area contributed by atoms with Crippen LogP contribution in [0, 0.1) is 5.41 Å². The Balaban J connectivity index is 2.97. The van der Waals surface area contributed by atoms with Gasteiger partial charge < -0.3 is 0 Å². The van der Waals surface area contributed by atoms with Gasteiger partial charge in [-0.1, -0.05) is 6.58 Å². The molecule has 0 aromatic heterocycles. The Kier molecular flexibility index (Phi) is 1.67. The number of hydrogen-bond donors (Lipinski definition) is 0. The predicted octanol–water partition coefficient (Wildman–Crippen LogP) is 1.69. The van der Waals surface area contributed by atoms with Crippen LogP contribution in [0.4, 0.5) is 0 Å². The van der Waals surface area contributed by atoms with E-state index >= 15 is 0 Å². The Morgan fingerprint density at radius 3 is 2.40 bits per heavy atom. The van der Waals surface area contributed by atoms with Crippen LogP contribution in [0.25, 0.3) is 0 Å². The standard InChI is InChI=1S/C9H16N/c1-5-8-9(2,3)6-7-10(8)4/h5H,1,6-7H2,2-4H3/q+1. The Labute approximate surface area is 63.1 Å². The molecule has 56 valence electrons. The van der Waals surface area contributed by atoms with Gasteiger partial charge in [0, 0.05) is 6.42 Å². The van der Waals surface area contributed by atoms with Crippen molar-refractivity contribution in [2.45, 2.75) is 20.3 Å². The normalized spacial score (nSPS) is 23.5. The lowest BCUT2D eigenvalue weighted by molar-refractivity contribution is -0.487. The van der Waals surface area contributed by atoms with Gasteiger partial charge in [0.15, 0.2) is 5.71 Å². The fourth-order valence-electron chi connectivity index (χ4n) is 1.64. The molecule has 0 amide bonds. The zero-order valence-electron chi connectivity index (χ0n) is 7.15. The Hall–Kier alpha value is -0.590. The highest BCUT2D eigenvalue weighted by molar-refractivity contribution is 5.95. The van der Waals surface area contributed by atoms with Crippen molar-refractivity contribution in [2.75, 3.05) is 13.6 Å². The highest BCUT2D eigenvalue weighted by Gasteiger charge is 2.35. The average molecular weight is 138 g/mol. The maximum Gasteiger partial charge on any atom is 0.181 e. The molecule has 0 spiro atoms. The molecule has 10 heavy (non-hydrogen) atoms. The lowest BCUT2D eigenvalue weighted by Crippen LogP contribution is -2.20. The SMILES string of the molecule is C=CC1=[N+](C)CCC1(C)C. The molecule has 0 bridgehead atoms. The summed E-state index contributed by atoms with van der Waals surface area (Å²) in [5.41, 5.74) is 1.74. The minimum atomic E-state index is 0.358. The predicted molar refractivity (Wildman–Crippen MR) is 44.7 cm³/mol. The zero-order valence-corrected chi connectivity index (χ0v) is 7.15. The van der Waals surface area contributed by atoms with Crippen LogP contribution in [0.2, 0.25) is 0 Å². The van der Waals surface area contributed by atoms with Crippen molar-refractivity contribution in [3.8, 4) is 0 Å². The summed E-state index contributed by atoms with van der Waals surface area (Å²) in [6.45, 7) is 9.53. The van der Waals surface area contributed by atoms with E-state index in [1.54, 1.807) is 0 Å². The molecule has 1 aliphatic heterocycles. The van der Waals surface area contributed by atoms with Crippen LogP contribution in [0.5, 0.6) is 0 Å². The smallest absolute Gasteiger partial charge is 0.181 e. The van der Waals surface area contributed by atoms with E-state index in [2.05, 4.69) is 32.0 Å². The minimum absolute atomic E-state index is 0.358. The minimum Gasteiger partial charge on any atom is -0.236 e. The highest BCUT2D eigenvalue weighted by Crippen LogP contribution is 2.27. The van der Waals surface area contributed by atoms with E-state index in [1.165, 1.54) is 18.7 Å². The quantitative estimate of drug-likeness (QED) is 0.485. The summed E-state index contributed by atoms with van der Waals surface area (Å²) in [6, 6.07) is 0. The van der Waals surface area contributed by atoms with Crippen molar-refractivity contribution in [1.82, 2.24) is 0 Å². The fraction of sp³-hybridized carbons (Fsp3) is 0.667. The van der Waals surface area contributed by atoms with Gasteiger partial charge in [0.2, 0.25) is 0 Å². The molecular weight excluding hydrogens is 122 g/mol. The maximum absolute atomic E-state index is 3.81. The summed E-state index contributed by atoms with van der Waals surface area (Å²) in [4.78, 5) is 0. The first-order chi connectivity index (χ1) is 4.58. The molecule has 0 atom stereocenters. The van der Waals surface area contributed by atoms with Crippen molar-refractivity contribution in [3.05, 3.63) is 12.7 Å². The molecule has 1 aliphatic rings. The van der Waals surface area contributed by atoms with Gasteiger partial charge in [-0.15, -0.1) is 0 Å². The van der Waals surface area contributed by atoms with Gasteiger partial charge in [-0.25, -0.2) is 4.58 Å². The summed E-state index contributed by atoms with van der Waals surface area (Å²) >= 11 is 0. The van der Waals surface area contributed by atoms with Gasteiger partial charge in [0.25, 0.3) is 0 Å². The van der Waals surface area contributed by atoms with Gasteiger partial charge in [0.05, 0.1) is 5.41 Å². The summed E-state index contributed by atoms with van der Waals surface area (Å²) in [7, 11) is 2.13. The van der Waals surface area contributed by atoms with Crippen molar-refractivity contribution in [1.29, 1.82) is 0 Å². The molecular formula is C9H16N+. The molecule has 0 unspecified atom stereocenters. The summed E-state index contributed by atoms with van der Waals surface area (Å²) in [5, 5.41) is 0. The number of rotatable bonds is 1. The molecule has 0 N–H and O–H groups in total. The first kappa shape index (κ1) is 7.52. The first-order valence-corrected chi connectivity index (χ1v) is 3.79.